The van der Waals surface area contributed by atoms with Crippen molar-refractivity contribution in [3.8, 4) is 17.2 Å². The lowest BCUT2D eigenvalue weighted by molar-refractivity contribution is 0.435. The van der Waals surface area contributed by atoms with E-state index in [1.165, 1.54) is 56.7 Å². The summed E-state index contributed by atoms with van der Waals surface area (Å²) >= 11 is 2.81. The van der Waals surface area contributed by atoms with E-state index in [0.29, 0.717) is 14.9 Å². The number of tetrazole rings is 1. The van der Waals surface area contributed by atoms with Gasteiger partial charge in [0.2, 0.25) is 5.16 Å². The molecule has 0 atom stereocenters. The predicted octanol–water partition coefficient (Wildman–Crippen LogP) is 6.46. The van der Waals surface area contributed by atoms with Gasteiger partial charge < -0.3 is 10.2 Å². The zero-order chi connectivity index (χ0) is 21.9. The molecule has 0 fully saturated rings. The monoisotopic (exact) mass is 458 g/mol. The van der Waals surface area contributed by atoms with E-state index in [1.54, 1.807) is 28.6 Å². The largest absolute Gasteiger partial charge is 0.508 e. The van der Waals surface area contributed by atoms with Crippen LogP contribution in [0.3, 0.4) is 0 Å². The minimum absolute atomic E-state index is 0.123. The van der Waals surface area contributed by atoms with Crippen LogP contribution in [0.4, 0.5) is 0 Å². The third kappa shape index (κ3) is 7.18. The smallest absolute Gasteiger partial charge is 0.219 e. The molecule has 6 nitrogen and oxygen atoms in total. The van der Waals surface area contributed by atoms with Gasteiger partial charge in [-0.1, -0.05) is 70.1 Å². The molecule has 0 spiro atoms. The molecule has 3 aromatic rings. The van der Waals surface area contributed by atoms with Crippen LogP contribution < -0.4 is 0 Å². The summed E-state index contributed by atoms with van der Waals surface area (Å²) in [7, 11) is 0. The van der Waals surface area contributed by atoms with Crippen LogP contribution in [0.1, 0.15) is 58.3 Å². The van der Waals surface area contributed by atoms with Crippen molar-refractivity contribution in [2.24, 2.45) is 0 Å². The number of phenolic OH excluding ortho intramolecular Hbond substituents is 2. The molecule has 3 rings (SSSR count). The van der Waals surface area contributed by atoms with Crippen molar-refractivity contribution in [3.63, 3.8) is 0 Å². The summed E-state index contributed by atoms with van der Waals surface area (Å²) in [6.07, 6.45) is 10.2. The Bertz CT molecular complexity index is 935. The number of phenols is 2. The first-order valence-electron chi connectivity index (χ1n) is 10.9. The molecule has 0 bridgehead atoms. The Balaban J connectivity index is 1.56. The molecule has 2 N–H and O–H groups in total. The molecule has 1 heterocycles. The van der Waals surface area contributed by atoms with Crippen LogP contribution in [0, 0.1) is 0 Å². The number of unbranched alkanes of at least 4 members (excludes halogenated alkanes) is 7. The fourth-order valence-electron chi connectivity index (χ4n) is 3.25. The van der Waals surface area contributed by atoms with Crippen molar-refractivity contribution in [3.05, 3.63) is 42.5 Å². The molecule has 0 amide bonds. The minimum Gasteiger partial charge on any atom is -0.508 e. The lowest BCUT2D eigenvalue weighted by Crippen LogP contribution is -1.98. The molecule has 2 aromatic carbocycles. The second-order valence-corrected chi connectivity index (χ2v) is 9.57. The maximum absolute atomic E-state index is 10.8. The molecule has 0 radical (unpaired) electrons. The Labute approximate surface area is 192 Å². The van der Waals surface area contributed by atoms with Crippen LogP contribution in [-0.4, -0.2) is 36.2 Å². The van der Waals surface area contributed by atoms with Crippen LogP contribution >= 0.6 is 23.5 Å². The van der Waals surface area contributed by atoms with E-state index >= 15 is 0 Å². The molecular formula is C23H30N4O2S2. The highest BCUT2D eigenvalue weighted by Crippen LogP contribution is 2.42. The Kier molecular flexibility index (Phi) is 9.55. The fraction of sp³-hybridized carbons (Fsp3) is 0.435. The highest BCUT2D eigenvalue weighted by molar-refractivity contribution is 8.00. The normalized spacial score (nSPS) is 11.1. The SMILES string of the molecule is CCCCCCCCCCSc1cc(O)cc(Sc2nnnn2-c2ccccc2)c1O. The second kappa shape index (κ2) is 12.6. The number of aromatic hydroxyl groups is 2. The first-order valence-corrected chi connectivity index (χ1v) is 12.7. The van der Waals surface area contributed by atoms with E-state index in [0.717, 1.165) is 17.9 Å². The number of para-hydroxylation sites is 1. The number of rotatable bonds is 13. The zero-order valence-corrected chi connectivity index (χ0v) is 19.5. The lowest BCUT2D eigenvalue weighted by atomic mass is 10.1. The van der Waals surface area contributed by atoms with Gasteiger partial charge in [-0.05, 0) is 58.6 Å². The van der Waals surface area contributed by atoms with Crippen molar-refractivity contribution in [1.82, 2.24) is 20.2 Å². The van der Waals surface area contributed by atoms with Gasteiger partial charge in [0, 0.05) is 0 Å². The second-order valence-electron chi connectivity index (χ2n) is 7.42. The van der Waals surface area contributed by atoms with Crippen molar-refractivity contribution < 1.29 is 10.2 Å². The van der Waals surface area contributed by atoms with Crippen LogP contribution in [0.15, 0.2) is 57.4 Å². The summed E-state index contributed by atoms with van der Waals surface area (Å²) in [6, 6.07) is 12.7. The average molecular weight is 459 g/mol. The van der Waals surface area contributed by atoms with Crippen molar-refractivity contribution in [2.45, 2.75) is 73.2 Å². The van der Waals surface area contributed by atoms with Crippen molar-refractivity contribution >= 4 is 23.5 Å². The molecule has 0 aliphatic carbocycles. The maximum atomic E-state index is 10.8. The third-order valence-corrected chi connectivity index (χ3v) is 7.01. The van der Waals surface area contributed by atoms with E-state index in [-0.39, 0.29) is 11.5 Å². The van der Waals surface area contributed by atoms with Gasteiger partial charge in [-0.3, -0.25) is 0 Å². The molecule has 0 aliphatic rings. The topological polar surface area (TPSA) is 84.1 Å². The summed E-state index contributed by atoms with van der Waals surface area (Å²) < 4.78 is 1.61. The van der Waals surface area contributed by atoms with Crippen LogP contribution in [0.5, 0.6) is 11.5 Å². The van der Waals surface area contributed by atoms with Gasteiger partial charge in [-0.25, -0.2) is 0 Å². The number of nitrogens with zero attached hydrogens (tertiary/aromatic N) is 4. The predicted molar refractivity (Wildman–Crippen MR) is 126 cm³/mol. The zero-order valence-electron chi connectivity index (χ0n) is 17.9. The molecule has 8 heteroatoms. The summed E-state index contributed by atoms with van der Waals surface area (Å²) in [6.45, 7) is 2.24. The molecule has 0 saturated heterocycles. The fourth-order valence-corrected chi connectivity index (χ4v) is 5.22. The minimum atomic E-state index is 0.123. The summed E-state index contributed by atoms with van der Waals surface area (Å²) in [4.78, 5) is 1.22. The Hall–Kier alpha value is -2.19. The van der Waals surface area contributed by atoms with Gasteiger partial charge in [0.25, 0.3) is 0 Å². The molecule has 0 unspecified atom stereocenters. The Morgan fingerprint density at radius 1 is 0.871 bits per heavy atom. The number of benzene rings is 2. The molecular weight excluding hydrogens is 428 g/mol. The van der Waals surface area contributed by atoms with Gasteiger partial charge in [-0.2, -0.15) is 4.68 Å². The average Bonchev–Trinajstić information content (AvgIpc) is 3.24. The Morgan fingerprint density at radius 3 is 2.29 bits per heavy atom. The first-order chi connectivity index (χ1) is 15.2. The van der Waals surface area contributed by atoms with E-state index in [2.05, 4.69) is 22.4 Å². The third-order valence-electron chi connectivity index (χ3n) is 4.92. The van der Waals surface area contributed by atoms with Gasteiger partial charge >= 0.3 is 0 Å². The first kappa shape index (κ1) is 23.5. The maximum Gasteiger partial charge on any atom is 0.219 e. The molecule has 31 heavy (non-hydrogen) atoms. The van der Waals surface area contributed by atoms with Crippen molar-refractivity contribution in [2.75, 3.05) is 5.75 Å². The summed E-state index contributed by atoms with van der Waals surface area (Å²) in [5.74, 6) is 1.20. The molecule has 1 aromatic heterocycles. The van der Waals surface area contributed by atoms with Crippen LogP contribution in [0.2, 0.25) is 0 Å². The van der Waals surface area contributed by atoms with Gasteiger partial charge in [-0.15, -0.1) is 16.9 Å². The quantitative estimate of drug-likeness (QED) is 0.173. The van der Waals surface area contributed by atoms with Crippen LogP contribution in [-0.2, 0) is 0 Å². The summed E-state index contributed by atoms with van der Waals surface area (Å²) in [5.41, 5.74) is 0.832. The highest BCUT2D eigenvalue weighted by atomic mass is 32.2. The lowest BCUT2D eigenvalue weighted by Gasteiger charge is -2.10. The van der Waals surface area contributed by atoms with E-state index in [4.69, 9.17) is 0 Å². The van der Waals surface area contributed by atoms with Gasteiger partial charge in [0.05, 0.1) is 15.5 Å². The Morgan fingerprint density at radius 2 is 1.55 bits per heavy atom. The standard InChI is InChI=1S/C23H30N4O2S2/c1-2-3-4-5-6-7-8-12-15-30-20-16-19(28)17-21(22(20)29)31-23-24-25-26-27(23)18-13-10-9-11-14-18/h9-11,13-14,16-17,28-29H,2-8,12,15H2,1H3. The molecule has 0 aliphatic heterocycles. The number of hydrogen-bond donors (Lipinski definition) is 2. The van der Waals surface area contributed by atoms with E-state index in [1.807, 2.05) is 30.3 Å². The molecule has 166 valence electrons. The van der Waals surface area contributed by atoms with Crippen LogP contribution in [0.25, 0.3) is 5.69 Å². The summed E-state index contributed by atoms with van der Waals surface area (Å²) in [5, 5.41) is 33.3. The van der Waals surface area contributed by atoms with Gasteiger partial charge in [0.15, 0.2) is 0 Å². The number of aromatic nitrogens is 4. The molecule has 0 saturated carbocycles. The number of thioether (sulfide) groups is 1. The van der Waals surface area contributed by atoms with Gasteiger partial charge in [0.1, 0.15) is 11.5 Å². The van der Waals surface area contributed by atoms with E-state index in [9.17, 15) is 10.2 Å². The number of hydrogen-bond acceptors (Lipinski definition) is 7. The highest BCUT2D eigenvalue weighted by Gasteiger charge is 2.16. The van der Waals surface area contributed by atoms with E-state index < -0.39 is 0 Å². The van der Waals surface area contributed by atoms with Crippen molar-refractivity contribution in [1.29, 1.82) is 0 Å².